The summed E-state index contributed by atoms with van der Waals surface area (Å²) in [4.78, 5) is 13.8. The van der Waals surface area contributed by atoms with Crippen LogP contribution in [0.15, 0.2) is 21.5 Å². The summed E-state index contributed by atoms with van der Waals surface area (Å²) in [5.74, 6) is -0.300. The molecule has 0 saturated carbocycles. The topological polar surface area (TPSA) is 63.7 Å². The van der Waals surface area contributed by atoms with E-state index in [1.165, 1.54) is 12.1 Å². The van der Waals surface area contributed by atoms with Crippen molar-refractivity contribution in [3.05, 3.63) is 27.2 Å². The highest BCUT2D eigenvalue weighted by atomic mass is 79.9. The van der Waals surface area contributed by atoms with Gasteiger partial charge < -0.3 is 9.64 Å². The van der Waals surface area contributed by atoms with Crippen molar-refractivity contribution in [1.29, 1.82) is 0 Å². The van der Waals surface area contributed by atoms with Crippen LogP contribution < -0.4 is 0 Å². The summed E-state index contributed by atoms with van der Waals surface area (Å²) in [6.45, 7) is 1.01. The van der Waals surface area contributed by atoms with E-state index >= 15 is 0 Å². The molecule has 1 aliphatic heterocycles. The Balaban J connectivity index is 2.37. The van der Waals surface area contributed by atoms with E-state index in [1.807, 2.05) is 0 Å². The minimum Gasteiger partial charge on any atom is -0.380 e. The highest BCUT2D eigenvalue weighted by molar-refractivity contribution is 9.10. The van der Waals surface area contributed by atoms with Crippen molar-refractivity contribution in [1.82, 2.24) is 4.90 Å². The van der Waals surface area contributed by atoms with Crippen molar-refractivity contribution in [3.63, 3.8) is 0 Å². The summed E-state index contributed by atoms with van der Waals surface area (Å²) in [6, 6.07) is 2.64. The Morgan fingerprint density at radius 1 is 1.48 bits per heavy atom. The van der Waals surface area contributed by atoms with Crippen LogP contribution in [0.25, 0.3) is 0 Å². The summed E-state index contributed by atoms with van der Waals surface area (Å²) in [5, 5.41) is 0.113. The number of hydrogen-bond acceptors (Lipinski definition) is 4. The maximum Gasteiger partial charge on any atom is 0.262 e. The third-order valence-electron chi connectivity index (χ3n) is 3.27. The van der Waals surface area contributed by atoms with Gasteiger partial charge in [0, 0.05) is 36.4 Å². The molecule has 1 aromatic rings. The molecule has 0 bridgehead atoms. The van der Waals surface area contributed by atoms with Crippen LogP contribution in [0.3, 0.4) is 0 Å². The number of hydrogen-bond donors (Lipinski definition) is 0. The summed E-state index contributed by atoms with van der Waals surface area (Å²) in [7, 11) is 2.94. The molecule has 1 atom stereocenters. The lowest BCUT2D eigenvalue weighted by molar-refractivity contribution is 0.0724. The first-order chi connectivity index (χ1) is 9.74. The van der Waals surface area contributed by atoms with E-state index in [4.69, 9.17) is 27.0 Å². The number of benzene rings is 1. The van der Waals surface area contributed by atoms with E-state index in [2.05, 4.69) is 15.9 Å². The minimum absolute atomic E-state index is 0.00361. The van der Waals surface area contributed by atoms with Gasteiger partial charge in [-0.15, -0.1) is 0 Å². The Labute approximate surface area is 140 Å². The summed E-state index contributed by atoms with van der Waals surface area (Å²) < 4.78 is 28.4. The molecule has 5 nitrogen and oxygen atoms in total. The zero-order valence-electron chi connectivity index (χ0n) is 11.0. The van der Waals surface area contributed by atoms with E-state index in [0.29, 0.717) is 13.1 Å². The predicted octanol–water partition coefficient (Wildman–Crippen LogP) is 2.89. The highest BCUT2D eigenvalue weighted by Gasteiger charge is 2.28. The van der Waals surface area contributed by atoms with Crippen LogP contribution in [-0.4, -0.2) is 45.5 Å². The Morgan fingerprint density at radius 2 is 2.14 bits per heavy atom. The molecule has 1 saturated heterocycles. The van der Waals surface area contributed by atoms with Crippen molar-refractivity contribution in [2.24, 2.45) is 0 Å². The van der Waals surface area contributed by atoms with Gasteiger partial charge in [-0.2, -0.15) is 0 Å². The molecule has 21 heavy (non-hydrogen) atoms. The zero-order chi connectivity index (χ0) is 15.8. The number of amides is 1. The molecule has 1 heterocycles. The lowest BCUT2D eigenvalue weighted by atomic mass is 10.2. The van der Waals surface area contributed by atoms with Crippen molar-refractivity contribution < 1.29 is 17.9 Å². The van der Waals surface area contributed by atoms with Gasteiger partial charge in [-0.25, -0.2) is 8.42 Å². The monoisotopic (exact) mass is 415 g/mol. The fraction of sp³-hybridized carbons (Fsp3) is 0.417. The third kappa shape index (κ3) is 3.71. The fourth-order valence-corrected chi connectivity index (χ4v) is 4.53. The first-order valence-corrected chi connectivity index (χ1v) is 9.48. The van der Waals surface area contributed by atoms with Crippen LogP contribution in [0.2, 0.25) is 5.02 Å². The number of halogens is 3. The standard InChI is InChI=1S/C12H12BrCl2NO4S/c1-20-8-2-3-16(6-8)12(17)7-4-9(14)11(13)10(5-7)21(15,18)19/h4-5,8H,2-3,6H2,1H3. The molecule has 1 unspecified atom stereocenters. The average Bonchev–Trinajstić information content (AvgIpc) is 2.88. The lowest BCUT2D eigenvalue weighted by Crippen LogP contribution is -2.30. The van der Waals surface area contributed by atoms with E-state index < -0.39 is 9.05 Å². The Kier molecular flexibility index (Phi) is 5.20. The van der Waals surface area contributed by atoms with Gasteiger partial charge in [-0.1, -0.05) is 11.6 Å². The van der Waals surface area contributed by atoms with Gasteiger partial charge in [-0.05, 0) is 34.5 Å². The number of methoxy groups -OCH3 is 1. The van der Waals surface area contributed by atoms with Crippen LogP contribution in [0.1, 0.15) is 16.8 Å². The molecule has 0 radical (unpaired) electrons. The van der Waals surface area contributed by atoms with Crippen LogP contribution >= 0.6 is 38.2 Å². The first kappa shape index (κ1) is 17.0. The van der Waals surface area contributed by atoms with Crippen molar-refractivity contribution in [3.8, 4) is 0 Å². The van der Waals surface area contributed by atoms with Gasteiger partial charge in [0.25, 0.3) is 15.0 Å². The number of likely N-dealkylation sites (tertiary alicyclic amines) is 1. The van der Waals surface area contributed by atoms with Crippen LogP contribution in [0, 0.1) is 0 Å². The maximum absolute atomic E-state index is 12.4. The normalized spacial score (nSPS) is 19.0. The molecule has 0 spiro atoms. The number of rotatable bonds is 3. The highest BCUT2D eigenvalue weighted by Crippen LogP contribution is 2.33. The number of carbonyl (C=O) groups is 1. The molecule has 9 heteroatoms. The molecule has 1 amide bonds. The van der Waals surface area contributed by atoms with Crippen LogP contribution in [0.5, 0.6) is 0 Å². The molecular formula is C12H12BrCl2NO4S. The van der Waals surface area contributed by atoms with E-state index in [0.717, 1.165) is 6.42 Å². The fourth-order valence-electron chi connectivity index (χ4n) is 2.15. The Bertz CT molecular complexity index is 680. The first-order valence-electron chi connectivity index (χ1n) is 6.00. The van der Waals surface area contributed by atoms with E-state index in [9.17, 15) is 13.2 Å². The summed E-state index contributed by atoms with van der Waals surface area (Å²) in [5.41, 5.74) is 0.180. The molecule has 1 fully saturated rings. The smallest absolute Gasteiger partial charge is 0.262 e. The summed E-state index contributed by atoms with van der Waals surface area (Å²) in [6.07, 6.45) is 0.740. The zero-order valence-corrected chi connectivity index (χ0v) is 14.9. The predicted molar refractivity (Wildman–Crippen MR) is 83.5 cm³/mol. The molecule has 1 aliphatic rings. The van der Waals surface area contributed by atoms with Gasteiger partial charge in [-0.3, -0.25) is 4.79 Å². The largest absolute Gasteiger partial charge is 0.380 e. The Morgan fingerprint density at radius 3 is 2.67 bits per heavy atom. The molecule has 2 rings (SSSR count). The average molecular weight is 417 g/mol. The minimum atomic E-state index is -4.01. The number of nitrogens with zero attached hydrogens (tertiary/aromatic N) is 1. The van der Waals surface area contributed by atoms with E-state index in [1.54, 1.807) is 12.0 Å². The van der Waals surface area contributed by atoms with Gasteiger partial charge in [0.15, 0.2) is 0 Å². The van der Waals surface area contributed by atoms with Gasteiger partial charge >= 0.3 is 0 Å². The second kappa shape index (κ2) is 6.42. The van der Waals surface area contributed by atoms with E-state index in [-0.39, 0.29) is 32.0 Å². The van der Waals surface area contributed by atoms with Crippen molar-refractivity contribution in [2.45, 2.75) is 17.4 Å². The van der Waals surface area contributed by atoms with Gasteiger partial charge in [0.1, 0.15) is 0 Å². The molecular weight excluding hydrogens is 405 g/mol. The summed E-state index contributed by atoms with van der Waals surface area (Å²) >= 11 is 9.03. The second-order valence-electron chi connectivity index (χ2n) is 4.61. The molecule has 0 aromatic heterocycles. The molecule has 0 N–H and O–H groups in total. The van der Waals surface area contributed by atoms with Crippen molar-refractivity contribution in [2.75, 3.05) is 20.2 Å². The van der Waals surface area contributed by atoms with Crippen LogP contribution in [0.4, 0.5) is 0 Å². The third-order valence-corrected chi connectivity index (χ3v) is 6.26. The van der Waals surface area contributed by atoms with Gasteiger partial charge in [0.05, 0.1) is 20.5 Å². The molecule has 116 valence electrons. The van der Waals surface area contributed by atoms with Crippen LogP contribution in [-0.2, 0) is 13.8 Å². The molecule has 0 aliphatic carbocycles. The Hall–Kier alpha value is -0.340. The second-order valence-corrected chi connectivity index (χ2v) is 8.34. The maximum atomic E-state index is 12.4. The lowest BCUT2D eigenvalue weighted by Gasteiger charge is -2.17. The quantitative estimate of drug-likeness (QED) is 0.710. The van der Waals surface area contributed by atoms with Crippen molar-refractivity contribution >= 4 is 53.2 Å². The molecule has 1 aromatic carbocycles. The SMILES string of the molecule is COC1CCN(C(=O)c2cc(Cl)c(Br)c(S(=O)(=O)Cl)c2)C1. The van der Waals surface area contributed by atoms with Gasteiger partial charge in [0.2, 0.25) is 0 Å². The number of ether oxygens (including phenoxy) is 1. The number of carbonyl (C=O) groups excluding carboxylic acids is 1.